The van der Waals surface area contributed by atoms with Gasteiger partial charge in [0.15, 0.2) is 0 Å². The summed E-state index contributed by atoms with van der Waals surface area (Å²) in [6, 6.07) is 7.00. The lowest BCUT2D eigenvalue weighted by atomic mass is 9.98. The van der Waals surface area contributed by atoms with E-state index in [4.69, 9.17) is 0 Å². The maximum atomic E-state index is 12.9. The van der Waals surface area contributed by atoms with Gasteiger partial charge in [0, 0.05) is 30.6 Å². The van der Waals surface area contributed by atoms with Gasteiger partial charge in [-0.1, -0.05) is 18.2 Å². The fourth-order valence-electron chi connectivity index (χ4n) is 4.14. The fourth-order valence-corrected chi connectivity index (χ4v) is 4.14. The Kier molecular flexibility index (Phi) is 3.83. The van der Waals surface area contributed by atoms with Crippen molar-refractivity contribution >= 4 is 5.91 Å². The number of nitrogens with zero attached hydrogens (tertiary/aromatic N) is 3. The third-order valence-electron chi connectivity index (χ3n) is 5.60. The van der Waals surface area contributed by atoms with E-state index >= 15 is 0 Å². The van der Waals surface area contributed by atoms with Crippen LogP contribution in [0.1, 0.15) is 53.3 Å². The zero-order valence-electron chi connectivity index (χ0n) is 14.3. The number of aromatic nitrogens is 2. The van der Waals surface area contributed by atoms with Crippen LogP contribution in [0.2, 0.25) is 0 Å². The van der Waals surface area contributed by atoms with Crippen molar-refractivity contribution in [2.75, 3.05) is 0 Å². The number of rotatable bonds is 3. The minimum atomic E-state index is 0.187. The molecule has 4 rings (SSSR count). The van der Waals surface area contributed by atoms with E-state index in [1.54, 1.807) is 6.33 Å². The van der Waals surface area contributed by atoms with Crippen LogP contribution in [-0.2, 0) is 17.6 Å². The van der Waals surface area contributed by atoms with E-state index in [1.807, 2.05) is 6.20 Å². The molecule has 0 N–H and O–H groups in total. The Morgan fingerprint density at radius 1 is 1.25 bits per heavy atom. The van der Waals surface area contributed by atoms with Crippen molar-refractivity contribution in [2.24, 2.45) is 0 Å². The second kappa shape index (κ2) is 6.00. The summed E-state index contributed by atoms with van der Waals surface area (Å²) in [6.07, 6.45) is 7.92. The summed E-state index contributed by atoms with van der Waals surface area (Å²) < 4.78 is 0. The normalized spacial score (nSPS) is 21.7. The molecule has 0 radical (unpaired) electrons. The molecule has 1 amide bonds. The first kappa shape index (κ1) is 15.3. The molecule has 0 aliphatic carbocycles. The van der Waals surface area contributed by atoms with Crippen molar-refractivity contribution in [1.29, 1.82) is 0 Å². The first-order valence-corrected chi connectivity index (χ1v) is 8.79. The van der Waals surface area contributed by atoms with Gasteiger partial charge in [0.1, 0.15) is 6.33 Å². The van der Waals surface area contributed by atoms with E-state index < -0.39 is 0 Å². The Morgan fingerprint density at radius 2 is 2.12 bits per heavy atom. The van der Waals surface area contributed by atoms with E-state index in [0.29, 0.717) is 12.5 Å². The second-order valence-electron chi connectivity index (χ2n) is 7.10. The molecule has 4 nitrogen and oxygen atoms in total. The molecule has 0 saturated carbocycles. The molecule has 24 heavy (non-hydrogen) atoms. The average molecular weight is 321 g/mol. The first-order valence-electron chi connectivity index (χ1n) is 8.79. The number of fused-ring (bicyclic) bond motifs is 4. The number of aryl methyl sites for hydroxylation is 3. The molecule has 0 spiro atoms. The van der Waals surface area contributed by atoms with Gasteiger partial charge in [-0.25, -0.2) is 9.97 Å². The van der Waals surface area contributed by atoms with Gasteiger partial charge >= 0.3 is 0 Å². The zero-order valence-corrected chi connectivity index (χ0v) is 14.3. The van der Waals surface area contributed by atoms with Gasteiger partial charge in [-0.15, -0.1) is 0 Å². The third kappa shape index (κ3) is 2.60. The van der Waals surface area contributed by atoms with Gasteiger partial charge in [-0.2, -0.15) is 0 Å². The Labute approximate surface area is 142 Å². The molecule has 1 aromatic heterocycles. The van der Waals surface area contributed by atoms with Crippen molar-refractivity contribution < 1.29 is 4.79 Å². The van der Waals surface area contributed by atoms with Crippen LogP contribution in [0.5, 0.6) is 0 Å². The topological polar surface area (TPSA) is 46.1 Å². The highest BCUT2D eigenvalue weighted by molar-refractivity contribution is 5.78. The number of amides is 1. The van der Waals surface area contributed by atoms with E-state index in [-0.39, 0.29) is 11.9 Å². The number of benzene rings is 1. The quantitative estimate of drug-likeness (QED) is 0.871. The molecule has 124 valence electrons. The summed E-state index contributed by atoms with van der Waals surface area (Å²) in [4.78, 5) is 23.6. The first-order chi connectivity index (χ1) is 11.6. The molecular formula is C20H23N3O. The van der Waals surface area contributed by atoms with Crippen molar-refractivity contribution in [3.63, 3.8) is 0 Å². The third-order valence-corrected chi connectivity index (χ3v) is 5.60. The van der Waals surface area contributed by atoms with Crippen LogP contribution in [0.3, 0.4) is 0 Å². The second-order valence-corrected chi connectivity index (χ2v) is 7.10. The highest BCUT2D eigenvalue weighted by Gasteiger charge is 2.42. The molecule has 2 unspecified atom stereocenters. The lowest BCUT2D eigenvalue weighted by Crippen LogP contribution is -2.42. The predicted octanol–water partition coefficient (Wildman–Crippen LogP) is 3.31. The molecule has 1 fully saturated rings. The standard InChI is InChI=1S/C20H23N3O/c1-13-3-4-15(9-14(13)2)5-8-20(24)23-16-6-7-19(23)17-11-21-12-22-18(17)10-16/h3-4,9,11-12,16,19H,5-8,10H2,1-2H3. The van der Waals surface area contributed by atoms with Crippen LogP contribution in [0.15, 0.2) is 30.7 Å². The maximum absolute atomic E-state index is 12.9. The largest absolute Gasteiger partial charge is 0.332 e. The van der Waals surface area contributed by atoms with Crippen molar-refractivity contribution in [3.8, 4) is 0 Å². The fraction of sp³-hybridized carbons (Fsp3) is 0.450. The lowest BCUT2D eigenvalue weighted by Gasteiger charge is -2.35. The van der Waals surface area contributed by atoms with Crippen LogP contribution >= 0.6 is 0 Å². The van der Waals surface area contributed by atoms with Crippen LogP contribution in [0, 0.1) is 13.8 Å². The Bertz CT molecular complexity index is 786. The maximum Gasteiger partial charge on any atom is 0.223 e. The van der Waals surface area contributed by atoms with Gasteiger partial charge in [-0.05, 0) is 49.8 Å². The molecule has 4 heteroatoms. The summed E-state index contributed by atoms with van der Waals surface area (Å²) in [6.45, 7) is 4.25. The van der Waals surface area contributed by atoms with E-state index in [0.717, 1.165) is 36.9 Å². The lowest BCUT2D eigenvalue weighted by molar-refractivity contribution is -0.134. The molecule has 1 aromatic carbocycles. The van der Waals surface area contributed by atoms with Gasteiger partial charge < -0.3 is 4.90 Å². The SMILES string of the molecule is Cc1ccc(CCC(=O)N2C3CCC2c2cncnc2C3)cc1C. The zero-order chi connectivity index (χ0) is 16.7. The number of hydrogen-bond donors (Lipinski definition) is 0. The molecular weight excluding hydrogens is 298 g/mol. The highest BCUT2D eigenvalue weighted by atomic mass is 16.2. The van der Waals surface area contributed by atoms with E-state index in [9.17, 15) is 4.79 Å². The summed E-state index contributed by atoms with van der Waals surface area (Å²) in [5.74, 6) is 0.273. The van der Waals surface area contributed by atoms with Crippen molar-refractivity contribution in [3.05, 3.63) is 58.7 Å². The minimum Gasteiger partial charge on any atom is -0.332 e. The molecule has 2 aromatic rings. The Hall–Kier alpha value is -2.23. The molecule has 2 aliphatic rings. The summed E-state index contributed by atoms with van der Waals surface area (Å²) in [5.41, 5.74) is 6.14. The summed E-state index contributed by atoms with van der Waals surface area (Å²) in [5, 5.41) is 0. The minimum absolute atomic E-state index is 0.187. The number of hydrogen-bond acceptors (Lipinski definition) is 3. The number of carbonyl (C=O) groups is 1. The number of carbonyl (C=O) groups excluding carboxylic acids is 1. The van der Waals surface area contributed by atoms with E-state index in [1.165, 1.54) is 16.7 Å². The average Bonchev–Trinajstić information content (AvgIpc) is 2.91. The highest BCUT2D eigenvalue weighted by Crippen LogP contribution is 2.43. The molecule has 2 aliphatic heterocycles. The van der Waals surface area contributed by atoms with Crippen molar-refractivity contribution in [1.82, 2.24) is 14.9 Å². The van der Waals surface area contributed by atoms with Crippen molar-refractivity contribution in [2.45, 2.75) is 58.0 Å². The van der Waals surface area contributed by atoms with Gasteiger partial charge in [-0.3, -0.25) is 4.79 Å². The molecule has 1 saturated heterocycles. The van der Waals surface area contributed by atoms with Crippen LogP contribution in [0.4, 0.5) is 0 Å². The monoisotopic (exact) mass is 321 g/mol. The molecule has 3 heterocycles. The van der Waals surface area contributed by atoms with Gasteiger partial charge in [0.05, 0.1) is 11.7 Å². The molecule has 2 bridgehead atoms. The van der Waals surface area contributed by atoms with Gasteiger partial charge in [0.2, 0.25) is 5.91 Å². The van der Waals surface area contributed by atoms with E-state index in [2.05, 4.69) is 46.9 Å². The summed E-state index contributed by atoms with van der Waals surface area (Å²) in [7, 11) is 0. The predicted molar refractivity (Wildman–Crippen MR) is 92.6 cm³/mol. The van der Waals surface area contributed by atoms with Crippen LogP contribution in [-0.4, -0.2) is 26.8 Å². The Morgan fingerprint density at radius 3 is 2.96 bits per heavy atom. The van der Waals surface area contributed by atoms with Gasteiger partial charge in [0.25, 0.3) is 0 Å². The van der Waals surface area contributed by atoms with Crippen LogP contribution in [0.25, 0.3) is 0 Å². The Balaban J connectivity index is 1.48. The molecule has 2 atom stereocenters. The smallest absolute Gasteiger partial charge is 0.223 e. The summed E-state index contributed by atoms with van der Waals surface area (Å²) >= 11 is 0. The van der Waals surface area contributed by atoms with Crippen LogP contribution < -0.4 is 0 Å².